The van der Waals surface area contributed by atoms with E-state index in [1.165, 1.54) is 0 Å². The van der Waals surface area contributed by atoms with Gasteiger partial charge < -0.3 is 15.1 Å². The topological polar surface area (TPSA) is 85.2 Å². The van der Waals surface area contributed by atoms with E-state index in [4.69, 9.17) is 16.9 Å². The zero-order chi connectivity index (χ0) is 18.7. The molecule has 0 bridgehead atoms. The molecule has 7 nitrogen and oxygen atoms in total. The second-order valence-corrected chi connectivity index (χ2v) is 6.97. The first-order valence-electron chi connectivity index (χ1n) is 8.42. The number of carbonyl (C=O) groups excluding carboxylic acids is 1. The Morgan fingerprint density at radius 2 is 2.12 bits per heavy atom. The summed E-state index contributed by atoms with van der Waals surface area (Å²) < 4.78 is 26.9. The van der Waals surface area contributed by atoms with E-state index in [1.807, 2.05) is 6.07 Å². The molecule has 0 aliphatic carbocycles. The molecule has 3 rings (SSSR count). The Morgan fingerprint density at radius 1 is 1.38 bits per heavy atom. The SMILES string of the molecule is N#C[C@@H]1CC(F)(F)CN1C(=O)CNC1CCN(c2ccc(Cl)nn2)CC1. The molecule has 1 amide bonds. The maximum absolute atomic E-state index is 13.4. The molecule has 0 aromatic carbocycles. The van der Waals surface area contributed by atoms with Crippen molar-refractivity contribution in [3.8, 4) is 6.07 Å². The van der Waals surface area contributed by atoms with Crippen molar-refractivity contribution < 1.29 is 13.6 Å². The van der Waals surface area contributed by atoms with Gasteiger partial charge in [0.15, 0.2) is 11.0 Å². The lowest BCUT2D eigenvalue weighted by atomic mass is 10.1. The van der Waals surface area contributed by atoms with Crippen molar-refractivity contribution in [1.29, 1.82) is 5.26 Å². The fourth-order valence-electron chi connectivity index (χ4n) is 3.32. The van der Waals surface area contributed by atoms with Gasteiger partial charge in [0.25, 0.3) is 5.92 Å². The molecule has 1 aromatic rings. The van der Waals surface area contributed by atoms with Gasteiger partial charge in [-0.05, 0) is 25.0 Å². The molecule has 3 heterocycles. The van der Waals surface area contributed by atoms with Gasteiger partial charge >= 0.3 is 0 Å². The Morgan fingerprint density at radius 3 is 2.73 bits per heavy atom. The standard InChI is InChI=1S/C16H19ClF2N6O/c17-13-1-2-14(23-22-13)24-5-3-11(4-6-24)21-9-15(26)25-10-16(18,19)7-12(25)8-20/h1-2,11-12,21H,3-7,9-10H2/t12-/m0/s1. The molecule has 2 aliphatic rings. The van der Waals surface area contributed by atoms with E-state index in [9.17, 15) is 13.6 Å². The quantitative estimate of drug-likeness (QED) is 0.845. The van der Waals surface area contributed by atoms with Gasteiger partial charge in [0.05, 0.1) is 19.2 Å². The smallest absolute Gasteiger partial charge is 0.268 e. The number of anilines is 1. The van der Waals surface area contributed by atoms with Crippen LogP contribution in [0.1, 0.15) is 19.3 Å². The average molecular weight is 385 g/mol. The predicted molar refractivity (Wildman–Crippen MR) is 91.0 cm³/mol. The van der Waals surface area contributed by atoms with Gasteiger partial charge in [-0.1, -0.05) is 11.6 Å². The van der Waals surface area contributed by atoms with Crippen LogP contribution < -0.4 is 10.2 Å². The fourth-order valence-corrected chi connectivity index (χ4v) is 3.42. The number of amides is 1. The number of hydrogen-bond acceptors (Lipinski definition) is 6. The predicted octanol–water partition coefficient (Wildman–Crippen LogP) is 1.45. The van der Waals surface area contributed by atoms with Gasteiger partial charge in [0.2, 0.25) is 5.91 Å². The highest BCUT2D eigenvalue weighted by molar-refractivity contribution is 6.29. The number of rotatable bonds is 4. The maximum atomic E-state index is 13.4. The van der Waals surface area contributed by atoms with Crippen LogP contribution in [-0.4, -0.2) is 65.2 Å². The van der Waals surface area contributed by atoms with Gasteiger partial charge in [0, 0.05) is 25.6 Å². The van der Waals surface area contributed by atoms with Crippen molar-refractivity contribution in [2.75, 3.05) is 31.1 Å². The van der Waals surface area contributed by atoms with E-state index in [2.05, 4.69) is 20.4 Å². The van der Waals surface area contributed by atoms with E-state index < -0.39 is 30.8 Å². The second kappa shape index (κ2) is 7.68. The lowest BCUT2D eigenvalue weighted by Gasteiger charge is -2.33. The molecule has 1 aromatic heterocycles. The first-order valence-corrected chi connectivity index (χ1v) is 8.80. The third kappa shape index (κ3) is 4.37. The minimum absolute atomic E-state index is 0.0420. The summed E-state index contributed by atoms with van der Waals surface area (Å²) >= 11 is 5.73. The highest BCUT2D eigenvalue weighted by Gasteiger charge is 2.47. The van der Waals surface area contributed by atoms with Crippen LogP contribution in [0.5, 0.6) is 0 Å². The van der Waals surface area contributed by atoms with Gasteiger partial charge in [-0.25, -0.2) is 8.78 Å². The third-order valence-corrected chi connectivity index (χ3v) is 4.92. The van der Waals surface area contributed by atoms with Crippen LogP contribution in [0.3, 0.4) is 0 Å². The largest absolute Gasteiger partial charge is 0.355 e. The van der Waals surface area contributed by atoms with Gasteiger partial charge in [-0.2, -0.15) is 5.26 Å². The molecule has 2 aliphatic heterocycles. The van der Waals surface area contributed by atoms with E-state index >= 15 is 0 Å². The lowest BCUT2D eigenvalue weighted by molar-refractivity contribution is -0.131. The summed E-state index contributed by atoms with van der Waals surface area (Å²) in [6, 6.07) is 4.34. The number of likely N-dealkylation sites (tertiary alicyclic amines) is 1. The van der Waals surface area contributed by atoms with Crippen LogP contribution in [0.2, 0.25) is 5.15 Å². The number of hydrogen-bond donors (Lipinski definition) is 1. The highest BCUT2D eigenvalue weighted by atomic mass is 35.5. The Balaban J connectivity index is 1.46. The zero-order valence-electron chi connectivity index (χ0n) is 14.0. The van der Waals surface area contributed by atoms with Crippen LogP contribution in [-0.2, 0) is 4.79 Å². The molecule has 2 saturated heterocycles. The molecule has 0 radical (unpaired) electrons. The van der Waals surface area contributed by atoms with E-state index in [0.29, 0.717) is 5.15 Å². The van der Waals surface area contributed by atoms with Crippen molar-refractivity contribution in [2.24, 2.45) is 0 Å². The Bertz CT molecular complexity index is 687. The van der Waals surface area contributed by atoms with Crippen LogP contribution in [0, 0.1) is 11.3 Å². The Labute approximate surface area is 154 Å². The van der Waals surface area contributed by atoms with E-state index in [1.54, 1.807) is 12.1 Å². The number of nitriles is 1. The minimum Gasteiger partial charge on any atom is -0.355 e. The Hall–Kier alpha value is -2.05. The molecule has 0 unspecified atom stereocenters. The molecule has 1 atom stereocenters. The van der Waals surface area contributed by atoms with Gasteiger partial charge in [-0.15, -0.1) is 10.2 Å². The highest BCUT2D eigenvalue weighted by Crippen LogP contribution is 2.31. The van der Waals surface area contributed by atoms with Crippen LogP contribution in [0.4, 0.5) is 14.6 Å². The first-order chi connectivity index (χ1) is 12.4. The van der Waals surface area contributed by atoms with Crippen molar-refractivity contribution in [1.82, 2.24) is 20.4 Å². The molecule has 26 heavy (non-hydrogen) atoms. The number of carbonyl (C=O) groups is 1. The number of piperidine rings is 1. The van der Waals surface area contributed by atoms with Crippen molar-refractivity contribution in [3.05, 3.63) is 17.3 Å². The molecular weight excluding hydrogens is 366 g/mol. The van der Waals surface area contributed by atoms with Crippen LogP contribution >= 0.6 is 11.6 Å². The lowest BCUT2D eigenvalue weighted by Crippen LogP contribution is -2.47. The monoisotopic (exact) mass is 384 g/mol. The number of nitrogens with one attached hydrogen (secondary N) is 1. The summed E-state index contributed by atoms with van der Waals surface area (Å²) in [5.41, 5.74) is 0. The van der Waals surface area contributed by atoms with Crippen molar-refractivity contribution in [3.63, 3.8) is 0 Å². The van der Waals surface area contributed by atoms with Gasteiger partial charge in [-0.3, -0.25) is 4.79 Å². The maximum Gasteiger partial charge on any atom is 0.268 e. The fraction of sp³-hybridized carbons (Fsp3) is 0.625. The average Bonchev–Trinajstić information content (AvgIpc) is 2.96. The molecule has 0 saturated carbocycles. The summed E-state index contributed by atoms with van der Waals surface area (Å²) in [6.07, 6.45) is 0.987. The molecule has 140 valence electrons. The number of nitrogens with zero attached hydrogens (tertiary/aromatic N) is 5. The Kier molecular flexibility index (Phi) is 5.53. The first kappa shape index (κ1) is 18.7. The zero-order valence-corrected chi connectivity index (χ0v) is 14.8. The molecular formula is C16H19ClF2N6O. The number of alkyl halides is 2. The summed E-state index contributed by atoms with van der Waals surface area (Å²) in [5.74, 6) is -2.69. The molecule has 2 fully saturated rings. The number of aromatic nitrogens is 2. The number of halogens is 3. The molecule has 1 N–H and O–H groups in total. The van der Waals surface area contributed by atoms with E-state index in [0.717, 1.165) is 36.6 Å². The molecule has 10 heteroatoms. The summed E-state index contributed by atoms with van der Waals surface area (Å²) in [6.45, 7) is 0.759. The van der Waals surface area contributed by atoms with Crippen LogP contribution in [0.15, 0.2) is 12.1 Å². The van der Waals surface area contributed by atoms with Crippen molar-refractivity contribution in [2.45, 2.75) is 37.3 Å². The summed E-state index contributed by atoms with van der Waals surface area (Å²) in [7, 11) is 0. The third-order valence-electron chi connectivity index (χ3n) is 4.72. The van der Waals surface area contributed by atoms with E-state index in [-0.39, 0.29) is 12.6 Å². The van der Waals surface area contributed by atoms with Gasteiger partial charge in [0.1, 0.15) is 6.04 Å². The summed E-state index contributed by atoms with van der Waals surface area (Å²) in [4.78, 5) is 15.3. The second-order valence-electron chi connectivity index (χ2n) is 6.58. The summed E-state index contributed by atoms with van der Waals surface area (Å²) in [5, 5.41) is 20.3. The minimum atomic E-state index is -2.99. The molecule has 0 spiro atoms. The van der Waals surface area contributed by atoms with Crippen LogP contribution in [0.25, 0.3) is 0 Å². The van der Waals surface area contributed by atoms with Crippen molar-refractivity contribution >= 4 is 23.3 Å². The normalized spacial score (nSPS) is 23.1.